The predicted octanol–water partition coefficient (Wildman–Crippen LogP) is -3.34. The minimum atomic E-state index is -1.56. The van der Waals surface area contributed by atoms with Gasteiger partial charge in [0.1, 0.15) is 36.6 Å². The summed E-state index contributed by atoms with van der Waals surface area (Å²) in [5.74, 6) is 0. The van der Waals surface area contributed by atoms with E-state index >= 15 is 0 Å². The molecule has 0 aromatic heterocycles. The van der Waals surface area contributed by atoms with Gasteiger partial charge in [0.05, 0.1) is 12.2 Å². The van der Waals surface area contributed by atoms with Gasteiger partial charge in [-0.25, -0.2) is 0 Å². The topological polar surface area (TPSA) is 149 Å². The monoisotopic (exact) mass is 310 g/mol. The molecule has 0 saturated carbocycles. The average molecular weight is 310 g/mol. The van der Waals surface area contributed by atoms with Crippen molar-refractivity contribution in [3.8, 4) is 0 Å². The first-order valence-corrected chi connectivity index (χ1v) is 6.78. The maximum absolute atomic E-state index is 9.96. The summed E-state index contributed by atoms with van der Waals surface area (Å²) < 4.78 is 15.4. The van der Waals surface area contributed by atoms with Crippen molar-refractivity contribution in [2.45, 2.75) is 75.3 Å². The van der Waals surface area contributed by atoms with Gasteiger partial charge in [0.25, 0.3) is 0 Å². The number of hydrogen-bond donors (Lipinski definition) is 6. The van der Waals surface area contributed by atoms with Crippen LogP contribution in [0.15, 0.2) is 0 Å². The fraction of sp³-hybridized carbons (Fsp3) is 1.00. The van der Waals surface area contributed by atoms with Crippen LogP contribution in [0, 0.1) is 0 Å². The number of hydrogen-bond acceptors (Lipinski definition) is 9. The summed E-state index contributed by atoms with van der Waals surface area (Å²) in [7, 11) is 0. The molecular formula is C12H22O9. The van der Waals surface area contributed by atoms with Crippen LogP contribution in [0.4, 0.5) is 0 Å². The van der Waals surface area contributed by atoms with Gasteiger partial charge in [0.2, 0.25) is 0 Å². The van der Waals surface area contributed by atoms with Crippen molar-refractivity contribution in [1.82, 2.24) is 0 Å². The van der Waals surface area contributed by atoms with E-state index in [1.54, 1.807) is 0 Å². The summed E-state index contributed by atoms with van der Waals surface area (Å²) in [6, 6.07) is 0. The normalized spacial score (nSPS) is 55.4. The molecule has 9 nitrogen and oxygen atoms in total. The van der Waals surface area contributed by atoms with Crippen LogP contribution in [-0.4, -0.2) is 92.1 Å². The SMILES string of the molecule is C[C@H]1O[C@H](O[C@H]2[C@H](O)[C@@H](C)O[C@H](O)[C@H]2O)[C@@H](O)[C@@H](O)[C@@H]1O. The van der Waals surface area contributed by atoms with Gasteiger partial charge < -0.3 is 44.8 Å². The molecule has 124 valence electrons. The summed E-state index contributed by atoms with van der Waals surface area (Å²) in [6.45, 7) is 2.96. The molecular weight excluding hydrogens is 288 g/mol. The summed E-state index contributed by atoms with van der Waals surface area (Å²) in [5.41, 5.74) is 0. The average Bonchev–Trinajstić information content (AvgIpc) is 2.44. The minimum absolute atomic E-state index is 0.804. The van der Waals surface area contributed by atoms with Crippen LogP contribution in [0.1, 0.15) is 13.8 Å². The third kappa shape index (κ3) is 3.21. The molecule has 0 radical (unpaired) electrons. The molecule has 0 amide bonds. The summed E-state index contributed by atoms with van der Waals surface area (Å²) >= 11 is 0. The van der Waals surface area contributed by atoms with E-state index in [1.165, 1.54) is 13.8 Å². The molecule has 9 heteroatoms. The van der Waals surface area contributed by atoms with Crippen LogP contribution in [0.3, 0.4) is 0 Å². The maximum Gasteiger partial charge on any atom is 0.187 e. The Kier molecular flexibility index (Phi) is 5.19. The second kappa shape index (κ2) is 6.41. The van der Waals surface area contributed by atoms with Crippen LogP contribution in [-0.2, 0) is 14.2 Å². The van der Waals surface area contributed by atoms with Crippen molar-refractivity contribution in [3.05, 3.63) is 0 Å². The molecule has 2 rings (SSSR count). The van der Waals surface area contributed by atoms with E-state index < -0.39 is 61.4 Å². The Morgan fingerprint density at radius 1 is 0.667 bits per heavy atom. The molecule has 10 atom stereocenters. The highest BCUT2D eigenvalue weighted by atomic mass is 16.7. The third-order valence-corrected chi connectivity index (χ3v) is 3.90. The molecule has 2 heterocycles. The molecule has 21 heavy (non-hydrogen) atoms. The lowest BCUT2D eigenvalue weighted by Crippen LogP contribution is -2.63. The van der Waals surface area contributed by atoms with Gasteiger partial charge in [-0.1, -0.05) is 0 Å². The Morgan fingerprint density at radius 3 is 1.86 bits per heavy atom. The first-order chi connectivity index (χ1) is 9.73. The van der Waals surface area contributed by atoms with Gasteiger partial charge in [-0.15, -0.1) is 0 Å². The lowest BCUT2D eigenvalue weighted by Gasteiger charge is -2.44. The molecule has 2 fully saturated rings. The van der Waals surface area contributed by atoms with E-state index in [2.05, 4.69) is 0 Å². The zero-order valence-corrected chi connectivity index (χ0v) is 11.7. The lowest BCUT2D eigenvalue weighted by molar-refractivity contribution is -0.349. The largest absolute Gasteiger partial charge is 0.388 e. The van der Waals surface area contributed by atoms with Crippen molar-refractivity contribution >= 4 is 0 Å². The Bertz CT molecular complexity index is 340. The molecule has 0 aromatic rings. The van der Waals surface area contributed by atoms with E-state index in [0.717, 1.165) is 0 Å². The van der Waals surface area contributed by atoms with Gasteiger partial charge in [-0.2, -0.15) is 0 Å². The van der Waals surface area contributed by atoms with Crippen molar-refractivity contribution in [2.24, 2.45) is 0 Å². The first-order valence-electron chi connectivity index (χ1n) is 6.78. The maximum atomic E-state index is 9.96. The van der Waals surface area contributed by atoms with Crippen LogP contribution < -0.4 is 0 Å². The van der Waals surface area contributed by atoms with Crippen molar-refractivity contribution < 1.29 is 44.8 Å². The van der Waals surface area contributed by atoms with E-state index in [1.807, 2.05) is 0 Å². The fourth-order valence-corrected chi connectivity index (χ4v) is 2.45. The highest BCUT2D eigenvalue weighted by Gasteiger charge is 2.48. The molecule has 2 aliphatic heterocycles. The molecule has 0 unspecified atom stereocenters. The van der Waals surface area contributed by atoms with Crippen molar-refractivity contribution in [2.75, 3.05) is 0 Å². The van der Waals surface area contributed by atoms with Crippen molar-refractivity contribution in [1.29, 1.82) is 0 Å². The molecule has 0 aromatic carbocycles. The highest BCUT2D eigenvalue weighted by Crippen LogP contribution is 2.28. The highest BCUT2D eigenvalue weighted by molar-refractivity contribution is 4.92. The predicted molar refractivity (Wildman–Crippen MR) is 65.8 cm³/mol. The van der Waals surface area contributed by atoms with Gasteiger partial charge in [0.15, 0.2) is 12.6 Å². The lowest BCUT2D eigenvalue weighted by atomic mass is 9.97. The van der Waals surface area contributed by atoms with E-state index in [-0.39, 0.29) is 0 Å². The minimum Gasteiger partial charge on any atom is -0.388 e. The van der Waals surface area contributed by atoms with E-state index in [4.69, 9.17) is 14.2 Å². The summed E-state index contributed by atoms with van der Waals surface area (Å²) in [6.07, 6.45) is -13.0. The Balaban J connectivity index is 2.08. The first kappa shape index (κ1) is 17.0. The summed E-state index contributed by atoms with van der Waals surface area (Å²) in [5, 5.41) is 58.4. The second-order valence-electron chi connectivity index (χ2n) is 5.50. The number of aliphatic hydroxyl groups is 6. The number of rotatable bonds is 2. The molecule has 6 N–H and O–H groups in total. The Labute approximate surface area is 121 Å². The second-order valence-corrected chi connectivity index (χ2v) is 5.50. The fourth-order valence-electron chi connectivity index (χ4n) is 2.45. The number of aliphatic hydroxyl groups excluding tert-OH is 6. The zero-order chi connectivity index (χ0) is 15.9. The molecule has 2 saturated heterocycles. The Morgan fingerprint density at radius 2 is 1.24 bits per heavy atom. The van der Waals surface area contributed by atoms with Crippen molar-refractivity contribution in [3.63, 3.8) is 0 Å². The summed E-state index contributed by atoms with van der Waals surface area (Å²) in [4.78, 5) is 0. The quantitative estimate of drug-likeness (QED) is 0.308. The smallest absolute Gasteiger partial charge is 0.187 e. The molecule has 0 aliphatic carbocycles. The van der Waals surface area contributed by atoms with Crippen LogP contribution >= 0.6 is 0 Å². The van der Waals surface area contributed by atoms with Gasteiger partial charge in [-0.3, -0.25) is 0 Å². The van der Waals surface area contributed by atoms with Gasteiger partial charge in [-0.05, 0) is 13.8 Å². The van der Waals surface area contributed by atoms with Crippen LogP contribution in [0.25, 0.3) is 0 Å². The van der Waals surface area contributed by atoms with Gasteiger partial charge in [0, 0.05) is 0 Å². The Hall–Kier alpha value is -0.360. The van der Waals surface area contributed by atoms with E-state index in [9.17, 15) is 30.6 Å². The zero-order valence-electron chi connectivity index (χ0n) is 11.7. The molecule has 2 aliphatic rings. The van der Waals surface area contributed by atoms with Crippen LogP contribution in [0.5, 0.6) is 0 Å². The van der Waals surface area contributed by atoms with Crippen LogP contribution in [0.2, 0.25) is 0 Å². The number of ether oxygens (including phenoxy) is 3. The molecule has 0 bridgehead atoms. The third-order valence-electron chi connectivity index (χ3n) is 3.90. The standard InChI is InChI=1S/C12H22O9/c1-3-5(13)7(15)8(16)12(20-3)21-10-6(14)4(2)19-11(18)9(10)17/h3-18H,1-2H3/t3-,4-,5-,6-,7+,8+,9+,10+,11+,12-/m1/s1. The molecule has 0 spiro atoms. The van der Waals surface area contributed by atoms with E-state index in [0.29, 0.717) is 0 Å². The van der Waals surface area contributed by atoms with Gasteiger partial charge >= 0.3 is 0 Å².